The zero-order valence-electron chi connectivity index (χ0n) is 11.3. The minimum Gasteiger partial charge on any atom is -0.476 e. The van der Waals surface area contributed by atoms with E-state index in [1.165, 1.54) is 16.7 Å². The number of imidazole rings is 1. The average Bonchev–Trinajstić information content (AvgIpc) is 3.09. The third-order valence-electron chi connectivity index (χ3n) is 2.67. The fourth-order valence-corrected chi connectivity index (χ4v) is 2.41. The summed E-state index contributed by atoms with van der Waals surface area (Å²) in [6, 6.07) is -0.675. The molecule has 0 aliphatic carbocycles. The number of aromatic nitrogens is 3. The molecule has 0 aromatic carbocycles. The van der Waals surface area contributed by atoms with Crippen LogP contribution in [0.15, 0.2) is 24.1 Å². The summed E-state index contributed by atoms with van der Waals surface area (Å²) in [5.74, 6) is -1.07. The molecule has 8 nitrogen and oxygen atoms in total. The van der Waals surface area contributed by atoms with Crippen molar-refractivity contribution < 1.29 is 14.7 Å². The summed E-state index contributed by atoms with van der Waals surface area (Å²) in [6.07, 6.45) is 5.15. The van der Waals surface area contributed by atoms with E-state index in [0.29, 0.717) is 18.1 Å². The molecule has 2 rings (SSSR count). The number of thiazole rings is 1. The van der Waals surface area contributed by atoms with E-state index in [2.05, 4.69) is 20.6 Å². The standard InChI is InChI=1S/C12H15N5O3S/c1-8(10-16-9(6-21-10)11(18)19)15-12(20)14-3-5-17-4-2-13-7-17/h2,4,6-8H,3,5H2,1H3,(H,18,19)(H2,14,15,20). The van der Waals surface area contributed by atoms with Gasteiger partial charge in [0.05, 0.1) is 12.4 Å². The highest BCUT2D eigenvalue weighted by Crippen LogP contribution is 2.17. The molecule has 21 heavy (non-hydrogen) atoms. The largest absolute Gasteiger partial charge is 0.476 e. The Kier molecular flexibility index (Phi) is 4.88. The molecule has 3 N–H and O–H groups in total. The fourth-order valence-electron chi connectivity index (χ4n) is 1.61. The Bertz CT molecular complexity index is 610. The minimum absolute atomic E-state index is 0.0100. The summed E-state index contributed by atoms with van der Waals surface area (Å²) in [5, 5.41) is 16.2. The first-order chi connectivity index (χ1) is 10.1. The van der Waals surface area contributed by atoms with Gasteiger partial charge in [0.1, 0.15) is 5.01 Å². The number of aromatic carboxylic acids is 1. The molecule has 0 saturated heterocycles. The van der Waals surface area contributed by atoms with E-state index in [4.69, 9.17) is 5.11 Å². The number of nitrogens with one attached hydrogen (secondary N) is 2. The quantitative estimate of drug-likeness (QED) is 0.740. The Morgan fingerprint density at radius 3 is 2.95 bits per heavy atom. The van der Waals surface area contributed by atoms with Crippen molar-refractivity contribution >= 4 is 23.3 Å². The Morgan fingerprint density at radius 2 is 2.33 bits per heavy atom. The van der Waals surface area contributed by atoms with Crippen molar-refractivity contribution in [3.05, 3.63) is 34.8 Å². The van der Waals surface area contributed by atoms with Crippen LogP contribution in [0.1, 0.15) is 28.5 Å². The summed E-state index contributed by atoms with van der Waals surface area (Å²) < 4.78 is 1.85. The monoisotopic (exact) mass is 309 g/mol. The Balaban J connectivity index is 1.77. The second kappa shape index (κ2) is 6.84. The number of hydrogen-bond donors (Lipinski definition) is 3. The van der Waals surface area contributed by atoms with Gasteiger partial charge in [-0.15, -0.1) is 11.3 Å². The molecule has 0 radical (unpaired) electrons. The number of hydrogen-bond acceptors (Lipinski definition) is 5. The molecular weight excluding hydrogens is 294 g/mol. The predicted molar refractivity (Wildman–Crippen MR) is 76.2 cm³/mol. The summed E-state index contributed by atoms with van der Waals surface area (Å²) in [4.78, 5) is 30.3. The number of carboxylic acids is 1. The normalized spacial score (nSPS) is 11.9. The second-order valence-electron chi connectivity index (χ2n) is 4.30. The molecule has 0 spiro atoms. The molecule has 2 aromatic rings. The lowest BCUT2D eigenvalue weighted by atomic mass is 10.3. The van der Waals surface area contributed by atoms with Crippen LogP contribution >= 0.6 is 11.3 Å². The van der Waals surface area contributed by atoms with Crippen molar-refractivity contribution in [3.63, 3.8) is 0 Å². The molecule has 0 fully saturated rings. The number of rotatable bonds is 6. The van der Waals surface area contributed by atoms with Gasteiger partial charge in [-0.1, -0.05) is 0 Å². The van der Waals surface area contributed by atoms with Gasteiger partial charge in [0, 0.05) is 30.9 Å². The average molecular weight is 309 g/mol. The number of nitrogens with zero attached hydrogens (tertiary/aromatic N) is 3. The van der Waals surface area contributed by atoms with Gasteiger partial charge in [-0.25, -0.2) is 19.6 Å². The van der Waals surface area contributed by atoms with Crippen LogP contribution in [0.25, 0.3) is 0 Å². The first kappa shape index (κ1) is 15.0. The minimum atomic E-state index is -1.07. The lowest BCUT2D eigenvalue weighted by Gasteiger charge is -2.12. The van der Waals surface area contributed by atoms with Gasteiger partial charge in [-0.05, 0) is 6.92 Å². The summed E-state index contributed by atoms with van der Waals surface area (Å²) >= 11 is 1.20. The van der Waals surface area contributed by atoms with Crippen molar-refractivity contribution in [3.8, 4) is 0 Å². The van der Waals surface area contributed by atoms with E-state index >= 15 is 0 Å². The molecule has 0 bridgehead atoms. The molecule has 1 atom stereocenters. The zero-order chi connectivity index (χ0) is 15.2. The number of carboxylic acid groups (broad SMARTS) is 1. The summed E-state index contributed by atoms with van der Waals surface area (Å²) in [5.41, 5.74) is -0.0100. The van der Waals surface area contributed by atoms with Crippen molar-refractivity contribution in [2.75, 3.05) is 6.54 Å². The van der Waals surface area contributed by atoms with Crippen molar-refractivity contribution in [2.24, 2.45) is 0 Å². The molecule has 0 saturated carbocycles. The van der Waals surface area contributed by atoms with Crippen molar-refractivity contribution in [1.29, 1.82) is 0 Å². The number of carbonyl (C=O) groups is 2. The summed E-state index contributed by atoms with van der Waals surface area (Å²) in [7, 11) is 0. The number of urea groups is 1. The van der Waals surface area contributed by atoms with Crippen LogP contribution in [-0.2, 0) is 6.54 Å². The fraction of sp³-hybridized carbons (Fsp3) is 0.333. The van der Waals surface area contributed by atoms with Gasteiger partial charge in [0.25, 0.3) is 0 Å². The zero-order valence-corrected chi connectivity index (χ0v) is 12.1. The molecule has 9 heteroatoms. The molecule has 0 aliphatic rings. The maximum Gasteiger partial charge on any atom is 0.355 e. The van der Waals surface area contributed by atoms with Crippen LogP contribution in [0.2, 0.25) is 0 Å². The highest BCUT2D eigenvalue weighted by atomic mass is 32.1. The molecule has 0 aliphatic heterocycles. The predicted octanol–water partition coefficient (Wildman–Crippen LogP) is 1.10. The maximum absolute atomic E-state index is 11.7. The Hall–Kier alpha value is -2.42. The maximum atomic E-state index is 11.7. The van der Waals surface area contributed by atoms with E-state index in [1.807, 2.05) is 10.8 Å². The van der Waals surface area contributed by atoms with E-state index in [-0.39, 0.29) is 17.8 Å². The lowest BCUT2D eigenvalue weighted by Crippen LogP contribution is -2.38. The third kappa shape index (κ3) is 4.28. The van der Waals surface area contributed by atoms with E-state index in [1.54, 1.807) is 19.4 Å². The van der Waals surface area contributed by atoms with E-state index < -0.39 is 5.97 Å². The van der Waals surface area contributed by atoms with Crippen LogP contribution in [0.3, 0.4) is 0 Å². The third-order valence-corrected chi connectivity index (χ3v) is 3.70. The highest BCUT2D eigenvalue weighted by molar-refractivity contribution is 7.09. The number of amides is 2. The topological polar surface area (TPSA) is 109 Å². The molecular formula is C12H15N5O3S. The SMILES string of the molecule is CC(NC(=O)NCCn1ccnc1)c1nc(C(=O)O)cs1. The molecule has 112 valence electrons. The number of carbonyl (C=O) groups excluding carboxylic acids is 1. The second-order valence-corrected chi connectivity index (χ2v) is 5.19. The van der Waals surface area contributed by atoms with Gasteiger partial charge in [0.15, 0.2) is 5.69 Å². The van der Waals surface area contributed by atoms with Crippen LogP contribution in [-0.4, -0.2) is 38.2 Å². The summed E-state index contributed by atoms with van der Waals surface area (Å²) in [6.45, 7) is 2.84. The highest BCUT2D eigenvalue weighted by Gasteiger charge is 2.15. The van der Waals surface area contributed by atoms with Crippen LogP contribution < -0.4 is 10.6 Å². The van der Waals surface area contributed by atoms with Crippen LogP contribution in [0, 0.1) is 0 Å². The Labute approximate surface area is 124 Å². The van der Waals surface area contributed by atoms with Gasteiger partial charge >= 0.3 is 12.0 Å². The smallest absolute Gasteiger partial charge is 0.355 e. The first-order valence-corrected chi connectivity index (χ1v) is 7.13. The lowest BCUT2D eigenvalue weighted by molar-refractivity contribution is 0.0691. The molecule has 1 unspecified atom stereocenters. The first-order valence-electron chi connectivity index (χ1n) is 6.25. The van der Waals surface area contributed by atoms with Crippen molar-refractivity contribution in [1.82, 2.24) is 25.2 Å². The molecule has 2 amide bonds. The van der Waals surface area contributed by atoms with Crippen molar-refractivity contribution in [2.45, 2.75) is 19.5 Å². The van der Waals surface area contributed by atoms with Gasteiger partial charge in [-0.3, -0.25) is 0 Å². The van der Waals surface area contributed by atoms with Crippen LogP contribution in [0.4, 0.5) is 4.79 Å². The van der Waals surface area contributed by atoms with E-state index in [0.717, 1.165) is 0 Å². The molecule has 2 heterocycles. The van der Waals surface area contributed by atoms with Gasteiger partial charge < -0.3 is 20.3 Å². The van der Waals surface area contributed by atoms with Gasteiger partial charge in [-0.2, -0.15) is 0 Å². The van der Waals surface area contributed by atoms with E-state index in [9.17, 15) is 9.59 Å². The Morgan fingerprint density at radius 1 is 1.52 bits per heavy atom. The van der Waals surface area contributed by atoms with Gasteiger partial charge in [0.2, 0.25) is 0 Å². The molecule has 2 aromatic heterocycles. The van der Waals surface area contributed by atoms with Crippen LogP contribution in [0.5, 0.6) is 0 Å².